The summed E-state index contributed by atoms with van der Waals surface area (Å²) in [4.78, 5) is 11.7. The molecule has 110 valence electrons. The molecule has 0 aromatic heterocycles. The average molecular weight is 298 g/mol. The van der Waals surface area contributed by atoms with Gasteiger partial charge >= 0.3 is 0 Å². The van der Waals surface area contributed by atoms with Crippen LogP contribution in [0.15, 0.2) is 36.4 Å². The molecule has 0 bridgehead atoms. The van der Waals surface area contributed by atoms with Gasteiger partial charge in [0.15, 0.2) is 23.2 Å². The highest BCUT2D eigenvalue weighted by Crippen LogP contribution is 2.26. The first-order valence-corrected chi connectivity index (χ1v) is 6.04. The third-order valence-electron chi connectivity index (χ3n) is 2.74. The maximum absolute atomic E-state index is 13.3. The zero-order valence-corrected chi connectivity index (χ0v) is 10.7. The Morgan fingerprint density at radius 1 is 0.952 bits per heavy atom. The molecule has 0 heterocycles. The maximum Gasteiger partial charge on any atom is 0.203 e. The van der Waals surface area contributed by atoms with Gasteiger partial charge < -0.3 is 4.74 Å². The number of benzene rings is 2. The molecule has 0 saturated heterocycles. The van der Waals surface area contributed by atoms with E-state index in [9.17, 15) is 22.4 Å². The normalized spacial score (nSPS) is 10.5. The summed E-state index contributed by atoms with van der Waals surface area (Å²) >= 11 is 0. The van der Waals surface area contributed by atoms with Crippen LogP contribution in [0, 0.1) is 23.3 Å². The van der Waals surface area contributed by atoms with Crippen LogP contribution in [0.25, 0.3) is 0 Å². The fraction of sp³-hybridized carbons (Fsp3) is 0.133. The van der Waals surface area contributed by atoms with Gasteiger partial charge in [0.1, 0.15) is 0 Å². The van der Waals surface area contributed by atoms with Crippen molar-refractivity contribution in [2.24, 2.45) is 0 Å². The highest BCUT2D eigenvalue weighted by molar-refractivity contribution is 5.96. The van der Waals surface area contributed by atoms with Crippen molar-refractivity contribution in [1.29, 1.82) is 0 Å². The molecular weight excluding hydrogens is 288 g/mol. The standard InChI is InChI=1S/C15H10F4O2/c16-10-8-11(17)14(19)15(13(10)18)21-7-6-12(20)9-4-2-1-3-5-9/h1-5,8H,6-7H2. The predicted octanol–water partition coefficient (Wildman–Crippen LogP) is 3.89. The first kappa shape index (κ1) is 15.0. The summed E-state index contributed by atoms with van der Waals surface area (Å²) in [7, 11) is 0. The topological polar surface area (TPSA) is 26.3 Å². The number of ether oxygens (including phenoxy) is 1. The van der Waals surface area contributed by atoms with Gasteiger partial charge in [0.2, 0.25) is 11.6 Å². The Morgan fingerprint density at radius 3 is 2.10 bits per heavy atom. The molecule has 0 unspecified atom stereocenters. The lowest BCUT2D eigenvalue weighted by Gasteiger charge is -2.09. The van der Waals surface area contributed by atoms with Crippen LogP contribution in [-0.2, 0) is 0 Å². The monoisotopic (exact) mass is 298 g/mol. The lowest BCUT2D eigenvalue weighted by molar-refractivity contribution is 0.0959. The molecule has 2 aromatic carbocycles. The quantitative estimate of drug-likeness (QED) is 0.475. The van der Waals surface area contributed by atoms with Crippen LogP contribution >= 0.6 is 0 Å². The highest BCUT2D eigenvalue weighted by Gasteiger charge is 2.20. The van der Waals surface area contributed by atoms with E-state index in [1.807, 2.05) is 0 Å². The van der Waals surface area contributed by atoms with Crippen molar-refractivity contribution in [2.45, 2.75) is 6.42 Å². The first-order valence-electron chi connectivity index (χ1n) is 6.04. The van der Waals surface area contributed by atoms with Crippen LogP contribution in [-0.4, -0.2) is 12.4 Å². The van der Waals surface area contributed by atoms with Crippen LogP contribution in [0.4, 0.5) is 17.6 Å². The molecule has 6 heteroatoms. The molecule has 0 saturated carbocycles. The van der Waals surface area contributed by atoms with Crippen molar-refractivity contribution in [3.63, 3.8) is 0 Å². The van der Waals surface area contributed by atoms with E-state index in [0.717, 1.165) is 0 Å². The highest BCUT2D eigenvalue weighted by atomic mass is 19.2. The fourth-order valence-corrected chi connectivity index (χ4v) is 1.69. The molecule has 0 aliphatic rings. The molecule has 0 fully saturated rings. The van der Waals surface area contributed by atoms with Crippen LogP contribution in [0.2, 0.25) is 0 Å². The summed E-state index contributed by atoms with van der Waals surface area (Å²) in [6.45, 7) is -0.398. The summed E-state index contributed by atoms with van der Waals surface area (Å²) in [5, 5.41) is 0. The Balaban J connectivity index is 2.03. The van der Waals surface area contributed by atoms with Crippen molar-refractivity contribution in [2.75, 3.05) is 6.61 Å². The average Bonchev–Trinajstić information content (AvgIpc) is 2.49. The molecule has 0 N–H and O–H groups in total. The number of ketones is 1. The summed E-state index contributed by atoms with van der Waals surface area (Å²) < 4.78 is 57.2. The minimum Gasteiger partial charge on any atom is -0.487 e. The van der Waals surface area contributed by atoms with E-state index in [1.54, 1.807) is 30.3 Å². The van der Waals surface area contributed by atoms with Crippen molar-refractivity contribution < 1.29 is 27.1 Å². The van der Waals surface area contributed by atoms with E-state index in [1.165, 1.54) is 0 Å². The van der Waals surface area contributed by atoms with Gasteiger partial charge in [-0.15, -0.1) is 0 Å². The van der Waals surface area contributed by atoms with Crippen molar-refractivity contribution in [3.05, 3.63) is 65.2 Å². The number of halogens is 4. The minimum absolute atomic E-state index is 0.0899. The van der Waals surface area contributed by atoms with E-state index in [-0.39, 0.29) is 18.3 Å². The second kappa shape index (κ2) is 6.39. The molecule has 0 radical (unpaired) electrons. The smallest absolute Gasteiger partial charge is 0.203 e. The summed E-state index contributed by atoms with van der Waals surface area (Å²) in [6, 6.07) is 8.29. The van der Waals surface area contributed by atoms with Gasteiger partial charge in [-0.1, -0.05) is 30.3 Å². The molecule has 0 aliphatic heterocycles. The number of hydrogen-bond donors (Lipinski definition) is 0. The molecule has 2 nitrogen and oxygen atoms in total. The first-order chi connectivity index (χ1) is 10.0. The lowest BCUT2D eigenvalue weighted by Crippen LogP contribution is -2.09. The number of carbonyl (C=O) groups is 1. The van der Waals surface area contributed by atoms with E-state index in [4.69, 9.17) is 0 Å². The van der Waals surface area contributed by atoms with Gasteiger partial charge in [0.25, 0.3) is 0 Å². The van der Waals surface area contributed by atoms with Crippen molar-refractivity contribution in [1.82, 2.24) is 0 Å². The Bertz CT molecular complexity index is 630. The third-order valence-corrected chi connectivity index (χ3v) is 2.74. The summed E-state index contributed by atoms with van der Waals surface area (Å²) in [5.74, 6) is -7.83. The van der Waals surface area contributed by atoms with Crippen molar-refractivity contribution in [3.8, 4) is 5.75 Å². The molecule has 0 atom stereocenters. The number of hydrogen-bond acceptors (Lipinski definition) is 2. The zero-order chi connectivity index (χ0) is 15.4. The molecular formula is C15H10F4O2. The van der Waals surface area contributed by atoms with Crippen LogP contribution in [0.5, 0.6) is 5.75 Å². The van der Waals surface area contributed by atoms with E-state index < -0.39 is 35.6 Å². The Hall–Kier alpha value is -2.37. The number of Topliss-reactive ketones (excluding diaryl/α,β-unsaturated/α-hetero) is 1. The number of rotatable bonds is 5. The van der Waals surface area contributed by atoms with E-state index in [0.29, 0.717) is 5.56 Å². The Kier molecular flexibility index (Phi) is 4.57. The second-order valence-electron chi connectivity index (χ2n) is 4.18. The predicted molar refractivity (Wildman–Crippen MR) is 67.2 cm³/mol. The largest absolute Gasteiger partial charge is 0.487 e. The van der Waals surface area contributed by atoms with Crippen molar-refractivity contribution >= 4 is 5.78 Å². The minimum atomic E-state index is -1.62. The van der Waals surface area contributed by atoms with Gasteiger partial charge in [-0.3, -0.25) is 4.79 Å². The second-order valence-corrected chi connectivity index (χ2v) is 4.18. The van der Waals surface area contributed by atoms with Gasteiger partial charge in [-0.25, -0.2) is 8.78 Å². The van der Waals surface area contributed by atoms with Crippen LogP contribution in [0.3, 0.4) is 0 Å². The molecule has 21 heavy (non-hydrogen) atoms. The summed E-state index contributed by atoms with van der Waals surface area (Å²) in [5.41, 5.74) is 0.410. The van der Waals surface area contributed by atoms with Gasteiger partial charge in [-0.05, 0) is 0 Å². The molecule has 0 spiro atoms. The number of carbonyl (C=O) groups excluding carboxylic acids is 1. The van der Waals surface area contributed by atoms with Crippen LogP contribution < -0.4 is 4.74 Å². The maximum atomic E-state index is 13.3. The Morgan fingerprint density at radius 2 is 1.52 bits per heavy atom. The lowest BCUT2D eigenvalue weighted by atomic mass is 10.1. The molecule has 2 aromatic rings. The molecule has 2 rings (SSSR count). The molecule has 0 aliphatic carbocycles. The van der Waals surface area contributed by atoms with Gasteiger partial charge in [-0.2, -0.15) is 8.78 Å². The van der Waals surface area contributed by atoms with Gasteiger partial charge in [0.05, 0.1) is 6.61 Å². The zero-order valence-electron chi connectivity index (χ0n) is 10.7. The Labute approximate surface area is 118 Å². The molecule has 0 amide bonds. The van der Waals surface area contributed by atoms with Gasteiger partial charge in [0, 0.05) is 18.1 Å². The third kappa shape index (κ3) is 3.39. The fourth-order valence-electron chi connectivity index (χ4n) is 1.69. The van der Waals surface area contributed by atoms with E-state index in [2.05, 4.69) is 4.74 Å². The summed E-state index contributed by atoms with van der Waals surface area (Å²) in [6.07, 6.45) is -0.180. The van der Waals surface area contributed by atoms with Crippen LogP contribution in [0.1, 0.15) is 16.8 Å². The SMILES string of the molecule is O=C(CCOc1c(F)c(F)cc(F)c1F)c1ccccc1. The van der Waals surface area contributed by atoms with E-state index >= 15 is 0 Å².